The van der Waals surface area contributed by atoms with Crippen molar-refractivity contribution in [1.29, 1.82) is 0 Å². The van der Waals surface area contributed by atoms with Gasteiger partial charge in [0.05, 0.1) is 19.8 Å². The molecule has 0 fully saturated rings. The van der Waals surface area contributed by atoms with Gasteiger partial charge >= 0.3 is 0 Å². The summed E-state index contributed by atoms with van der Waals surface area (Å²) in [6, 6.07) is 3.90. The summed E-state index contributed by atoms with van der Waals surface area (Å²) < 4.78 is 17.0. The van der Waals surface area contributed by atoms with Crippen molar-refractivity contribution in [3.8, 4) is 17.2 Å². The minimum atomic E-state index is 0.351. The minimum absolute atomic E-state index is 0.351. The van der Waals surface area contributed by atoms with Crippen molar-refractivity contribution in [2.24, 2.45) is 0 Å². The molecule has 0 aromatic heterocycles. The lowest BCUT2D eigenvalue weighted by Crippen LogP contribution is -2.04. The number of hydrogen-bond donors (Lipinski definition) is 0. The second kappa shape index (κ2) is 7.14. The molecule has 0 spiro atoms. The molecular weight excluding hydrogens is 228 g/mol. The number of benzene rings is 1. The van der Waals surface area contributed by atoms with E-state index in [1.54, 1.807) is 0 Å². The first-order valence-electron chi connectivity index (χ1n) is 6.70. The maximum Gasteiger partial charge on any atom is 0.130 e. The zero-order valence-corrected chi connectivity index (χ0v) is 12.1. The topological polar surface area (TPSA) is 27.7 Å². The molecule has 0 aliphatic carbocycles. The average Bonchev–Trinajstić information content (AvgIpc) is 2.29. The maximum absolute atomic E-state index is 5.71. The van der Waals surface area contributed by atoms with E-state index < -0.39 is 0 Å². The fourth-order valence-electron chi connectivity index (χ4n) is 1.95. The Morgan fingerprint density at radius 2 is 1.28 bits per heavy atom. The molecule has 0 saturated heterocycles. The van der Waals surface area contributed by atoms with Crippen LogP contribution in [0.3, 0.4) is 0 Å². The number of rotatable bonds is 7. The standard InChI is InChI=1S/C15H24O3/c1-6-16-12-9-13(17-7-2)15(11(4)5)14(10-12)18-8-3/h9-11H,6-8H2,1-5H3. The lowest BCUT2D eigenvalue weighted by Gasteiger charge is -2.19. The third kappa shape index (κ3) is 3.56. The van der Waals surface area contributed by atoms with Crippen LogP contribution in [0.1, 0.15) is 46.1 Å². The molecule has 3 nitrogen and oxygen atoms in total. The molecule has 1 aromatic carbocycles. The molecule has 18 heavy (non-hydrogen) atoms. The Kier molecular flexibility index (Phi) is 5.83. The first-order valence-corrected chi connectivity index (χ1v) is 6.70. The molecular formula is C15H24O3. The highest BCUT2D eigenvalue weighted by molar-refractivity contribution is 5.52. The molecule has 0 heterocycles. The van der Waals surface area contributed by atoms with E-state index in [1.165, 1.54) is 0 Å². The Morgan fingerprint density at radius 3 is 1.61 bits per heavy atom. The molecule has 0 saturated carbocycles. The van der Waals surface area contributed by atoms with E-state index in [2.05, 4.69) is 13.8 Å². The zero-order valence-electron chi connectivity index (χ0n) is 12.1. The van der Waals surface area contributed by atoms with Gasteiger partial charge < -0.3 is 14.2 Å². The van der Waals surface area contributed by atoms with Gasteiger partial charge in [0.1, 0.15) is 17.2 Å². The SMILES string of the molecule is CCOc1cc(OCC)c(C(C)C)c(OCC)c1. The number of ether oxygens (including phenoxy) is 3. The molecule has 0 amide bonds. The van der Waals surface area contributed by atoms with Gasteiger partial charge in [0.25, 0.3) is 0 Å². The van der Waals surface area contributed by atoms with Gasteiger partial charge in [-0.2, -0.15) is 0 Å². The summed E-state index contributed by atoms with van der Waals surface area (Å²) >= 11 is 0. The lowest BCUT2D eigenvalue weighted by molar-refractivity contribution is 0.300. The van der Waals surface area contributed by atoms with E-state index in [1.807, 2.05) is 32.9 Å². The molecule has 0 unspecified atom stereocenters. The molecule has 0 bridgehead atoms. The molecule has 0 aliphatic heterocycles. The van der Waals surface area contributed by atoms with Crippen molar-refractivity contribution < 1.29 is 14.2 Å². The van der Waals surface area contributed by atoms with Gasteiger partial charge in [0, 0.05) is 17.7 Å². The molecule has 0 radical (unpaired) electrons. The highest BCUT2D eigenvalue weighted by Crippen LogP contribution is 2.39. The van der Waals surface area contributed by atoms with Gasteiger partial charge in [-0.25, -0.2) is 0 Å². The Bertz CT molecular complexity index is 345. The van der Waals surface area contributed by atoms with E-state index in [0.717, 1.165) is 22.8 Å². The smallest absolute Gasteiger partial charge is 0.130 e. The molecule has 102 valence electrons. The largest absolute Gasteiger partial charge is 0.494 e. The van der Waals surface area contributed by atoms with E-state index >= 15 is 0 Å². The molecule has 0 atom stereocenters. The van der Waals surface area contributed by atoms with Gasteiger partial charge in [-0.05, 0) is 26.7 Å². The second-order valence-corrected chi connectivity index (χ2v) is 4.29. The third-order valence-electron chi connectivity index (χ3n) is 2.57. The predicted octanol–water partition coefficient (Wildman–Crippen LogP) is 4.01. The van der Waals surface area contributed by atoms with Crippen molar-refractivity contribution in [2.45, 2.75) is 40.5 Å². The number of hydrogen-bond acceptors (Lipinski definition) is 3. The Balaban J connectivity index is 3.24. The molecule has 0 aliphatic rings. The average molecular weight is 252 g/mol. The second-order valence-electron chi connectivity index (χ2n) is 4.29. The summed E-state index contributed by atoms with van der Waals surface area (Å²) in [4.78, 5) is 0. The van der Waals surface area contributed by atoms with E-state index in [-0.39, 0.29) is 0 Å². The summed E-state index contributed by atoms with van der Waals surface area (Å²) in [5.74, 6) is 2.88. The summed E-state index contributed by atoms with van der Waals surface area (Å²) in [6.07, 6.45) is 0. The van der Waals surface area contributed by atoms with Crippen molar-refractivity contribution >= 4 is 0 Å². The Labute approximate surface area is 110 Å². The van der Waals surface area contributed by atoms with Gasteiger partial charge in [0.2, 0.25) is 0 Å². The highest BCUT2D eigenvalue weighted by atomic mass is 16.5. The summed E-state index contributed by atoms with van der Waals surface area (Å²) in [5, 5.41) is 0. The van der Waals surface area contributed by atoms with Gasteiger partial charge in [-0.3, -0.25) is 0 Å². The third-order valence-corrected chi connectivity index (χ3v) is 2.57. The van der Waals surface area contributed by atoms with Crippen LogP contribution in [-0.2, 0) is 0 Å². The van der Waals surface area contributed by atoms with Crippen LogP contribution in [0, 0.1) is 0 Å². The summed E-state index contributed by atoms with van der Waals surface area (Å²) in [7, 11) is 0. The predicted molar refractivity (Wildman–Crippen MR) is 74.0 cm³/mol. The van der Waals surface area contributed by atoms with E-state index in [4.69, 9.17) is 14.2 Å². The van der Waals surface area contributed by atoms with Crippen LogP contribution in [0.5, 0.6) is 17.2 Å². The van der Waals surface area contributed by atoms with Crippen LogP contribution in [-0.4, -0.2) is 19.8 Å². The van der Waals surface area contributed by atoms with Crippen LogP contribution in [0.2, 0.25) is 0 Å². The van der Waals surface area contributed by atoms with Crippen LogP contribution in [0.4, 0.5) is 0 Å². The normalized spacial score (nSPS) is 10.6. The summed E-state index contributed by atoms with van der Waals surface area (Å²) in [6.45, 7) is 12.1. The highest BCUT2D eigenvalue weighted by Gasteiger charge is 2.16. The van der Waals surface area contributed by atoms with Crippen molar-refractivity contribution in [1.82, 2.24) is 0 Å². The van der Waals surface area contributed by atoms with E-state index in [0.29, 0.717) is 25.7 Å². The van der Waals surface area contributed by atoms with Crippen LogP contribution < -0.4 is 14.2 Å². The Hall–Kier alpha value is -1.38. The molecule has 1 aromatic rings. The first-order chi connectivity index (χ1) is 8.63. The van der Waals surface area contributed by atoms with Gasteiger partial charge in [-0.15, -0.1) is 0 Å². The fourth-order valence-corrected chi connectivity index (χ4v) is 1.95. The van der Waals surface area contributed by atoms with E-state index in [9.17, 15) is 0 Å². The zero-order chi connectivity index (χ0) is 13.5. The maximum atomic E-state index is 5.71. The summed E-state index contributed by atoms with van der Waals surface area (Å²) in [5.41, 5.74) is 1.11. The van der Waals surface area contributed by atoms with Crippen LogP contribution in [0.25, 0.3) is 0 Å². The minimum Gasteiger partial charge on any atom is -0.494 e. The molecule has 0 N–H and O–H groups in total. The molecule has 3 heteroatoms. The van der Waals surface area contributed by atoms with Crippen LogP contribution >= 0.6 is 0 Å². The van der Waals surface area contributed by atoms with Crippen molar-refractivity contribution in [3.63, 3.8) is 0 Å². The lowest BCUT2D eigenvalue weighted by atomic mass is 10.0. The van der Waals surface area contributed by atoms with Gasteiger partial charge in [-0.1, -0.05) is 13.8 Å². The van der Waals surface area contributed by atoms with Crippen molar-refractivity contribution in [3.05, 3.63) is 17.7 Å². The quantitative estimate of drug-likeness (QED) is 0.734. The first kappa shape index (κ1) is 14.7. The fraction of sp³-hybridized carbons (Fsp3) is 0.600. The van der Waals surface area contributed by atoms with Gasteiger partial charge in [0.15, 0.2) is 0 Å². The molecule has 1 rings (SSSR count). The van der Waals surface area contributed by atoms with Crippen molar-refractivity contribution in [2.75, 3.05) is 19.8 Å². The monoisotopic (exact) mass is 252 g/mol. The Morgan fingerprint density at radius 1 is 0.833 bits per heavy atom. The van der Waals surface area contributed by atoms with Crippen LogP contribution in [0.15, 0.2) is 12.1 Å².